The topological polar surface area (TPSA) is 58.9 Å². The minimum Gasteiger partial charge on any atom is -0.393 e. The number of hydrogen-bond acceptors (Lipinski definition) is 4. The summed E-state index contributed by atoms with van der Waals surface area (Å²) in [5, 5.41) is 22.0. The summed E-state index contributed by atoms with van der Waals surface area (Å²) in [5.41, 5.74) is -0.247. The molecule has 0 amide bonds. The number of aliphatic hydroxyl groups is 2. The molecule has 4 heteroatoms. The highest BCUT2D eigenvalue weighted by atomic mass is 16.7. The van der Waals surface area contributed by atoms with Crippen molar-refractivity contribution in [3.05, 3.63) is 0 Å². The van der Waals surface area contributed by atoms with Gasteiger partial charge in [0.15, 0.2) is 5.79 Å². The molecule has 0 aromatic heterocycles. The zero-order chi connectivity index (χ0) is 18.2. The molecule has 2 N–H and O–H groups in total. The van der Waals surface area contributed by atoms with Gasteiger partial charge >= 0.3 is 0 Å². The van der Waals surface area contributed by atoms with Crippen LogP contribution in [0.25, 0.3) is 0 Å². The van der Waals surface area contributed by atoms with Gasteiger partial charge in [0.2, 0.25) is 0 Å². The summed E-state index contributed by atoms with van der Waals surface area (Å²) in [7, 11) is 0. The Balaban J connectivity index is 1.41. The van der Waals surface area contributed by atoms with E-state index in [9.17, 15) is 10.2 Å². The molecular weight excluding hydrogens is 328 g/mol. The molecule has 26 heavy (non-hydrogen) atoms. The van der Waals surface area contributed by atoms with E-state index in [1.54, 1.807) is 0 Å². The van der Waals surface area contributed by atoms with Crippen molar-refractivity contribution in [2.75, 3.05) is 13.2 Å². The summed E-state index contributed by atoms with van der Waals surface area (Å²) in [6.07, 6.45) is 9.69. The van der Waals surface area contributed by atoms with Gasteiger partial charge in [0.1, 0.15) is 0 Å². The number of aliphatic hydroxyl groups excluding tert-OH is 1. The third-order valence-electron chi connectivity index (χ3n) is 9.60. The minimum atomic E-state index is -0.613. The second-order valence-electron chi connectivity index (χ2n) is 10.5. The monoisotopic (exact) mass is 364 g/mol. The fourth-order valence-electron chi connectivity index (χ4n) is 8.33. The van der Waals surface area contributed by atoms with Gasteiger partial charge in [-0.1, -0.05) is 6.92 Å². The highest BCUT2D eigenvalue weighted by Gasteiger charge is 2.65. The van der Waals surface area contributed by atoms with Crippen LogP contribution in [0.4, 0.5) is 0 Å². The molecular formula is C22H36O4. The van der Waals surface area contributed by atoms with Crippen LogP contribution in [0.3, 0.4) is 0 Å². The smallest absolute Gasteiger partial charge is 0.171 e. The molecule has 5 fully saturated rings. The van der Waals surface area contributed by atoms with Crippen LogP contribution in [-0.4, -0.2) is 40.9 Å². The van der Waals surface area contributed by atoms with Crippen molar-refractivity contribution in [1.29, 1.82) is 0 Å². The number of fused-ring (bicyclic) bond motifs is 5. The first-order valence-electron chi connectivity index (χ1n) is 11.1. The Bertz CT molecular complexity index is 558. The van der Waals surface area contributed by atoms with Crippen molar-refractivity contribution in [3.63, 3.8) is 0 Å². The van der Waals surface area contributed by atoms with Gasteiger partial charge in [0.05, 0.1) is 24.9 Å². The van der Waals surface area contributed by atoms with E-state index >= 15 is 0 Å². The van der Waals surface area contributed by atoms with Gasteiger partial charge in [-0.05, 0) is 93.8 Å². The Morgan fingerprint density at radius 1 is 0.846 bits per heavy atom. The molecule has 0 aromatic rings. The Morgan fingerprint density at radius 2 is 1.62 bits per heavy atom. The highest BCUT2D eigenvalue weighted by Crippen LogP contribution is 2.66. The average Bonchev–Trinajstić information content (AvgIpc) is 3.19. The number of ether oxygens (including phenoxy) is 2. The number of rotatable bonds is 1. The Kier molecular flexibility index (Phi) is 4.08. The summed E-state index contributed by atoms with van der Waals surface area (Å²) in [4.78, 5) is 0. The normalized spacial score (nSPS) is 55.8. The van der Waals surface area contributed by atoms with Crippen molar-refractivity contribution in [1.82, 2.24) is 0 Å². The lowest BCUT2D eigenvalue weighted by atomic mass is 9.46. The van der Waals surface area contributed by atoms with Gasteiger partial charge in [0.25, 0.3) is 0 Å². The lowest BCUT2D eigenvalue weighted by molar-refractivity contribution is -0.244. The summed E-state index contributed by atoms with van der Waals surface area (Å²) >= 11 is 0. The number of hydrogen-bond donors (Lipinski definition) is 2. The van der Waals surface area contributed by atoms with Gasteiger partial charge in [-0.3, -0.25) is 0 Å². The second kappa shape index (κ2) is 5.92. The van der Waals surface area contributed by atoms with Crippen LogP contribution in [0, 0.1) is 35.0 Å². The molecule has 5 aliphatic rings. The van der Waals surface area contributed by atoms with E-state index in [-0.39, 0.29) is 12.0 Å². The fraction of sp³-hybridized carbons (Fsp3) is 1.00. The molecule has 0 spiro atoms. The van der Waals surface area contributed by atoms with E-state index < -0.39 is 11.4 Å². The molecule has 4 aliphatic carbocycles. The highest BCUT2D eigenvalue weighted by molar-refractivity contribution is 5.13. The molecule has 8 atom stereocenters. The van der Waals surface area contributed by atoms with E-state index in [1.165, 1.54) is 19.3 Å². The van der Waals surface area contributed by atoms with Gasteiger partial charge in [-0.25, -0.2) is 0 Å². The van der Waals surface area contributed by atoms with E-state index in [2.05, 4.69) is 13.8 Å². The van der Waals surface area contributed by atoms with Gasteiger partial charge < -0.3 is 19.7 Å². The molecule has 0 bridgehead atoms. The van der Waals surface area contributed by atoms with Crippen LogP contribution >= 0.6 is 0 Å². The largest absolute Gasteiger partial charge is 0.393 e. The molecule has 4 nitrogen and oxygen atoms in total. The average molecular weight is 365 g/mol. The SMILES string of the molecule is CC1([C@H]2CCC3C4CC[C@H]5C[C@@H](O)CC[C@]5(C)C4CC[C@@]32O)OCCO1. The molecule has 3 unspecified atom stereocenters. The van der Waals surface area contributed by atoms with Crippen LogP contribution in [0.15, 0.2) is 0 Å². The Morgan fingerprint density at radius 3 is 2.38 bits per heavy atom. The summed E-state index contributed by atoms with van der Waals surface area (Å²) in [6.45, 7) is 5.86. The summed E-state index contributed by atoms with van der Waals surface area (Å²) in [6, 6.07) is 0. The zero-order valence-corrected chi connectivity index (χ0v) is 16.5. The fourth-order valence-corrected chi connectivity index (χ4v) is 8.33. The van der Waals surface area contributed by atoms with E-state index in [4.69, 9.17) is 9.47 Å². The molecule has 148 valence electrons. The van der Waals surface area contributed by atoms with Gasteiger partial charge in [-0.15, -0.1) is 0 Å². The third-order valence-corrected chi connectivity index (χ3v) is 9.60. The molecule has 1 aliphatic heterocycles. The zero-order valence-electron chi connectivity index (χ0n) is 16.5. The quantitative estimate of drug-likeness (QED) is 0.748. The van der Waals surface area contributed by atoms with Crippen molar-refractivity contribution >= 4 is 0 Å². The Hall–Kier alpha value is -0.160. The standard InChI is InChI=1S/C22H36O4/c1-20-9-7-15(23)13-14(20)3-4-16-17(20)8-10-22(24)18(16)5-6-19(22)21(2)25-11-12-26-21/h14-19,23-24H,3-13H2,1-2H3/t14-,15-,16?,17?,18?,19+,20-,22+/m0/s1. The van der Waals surface area contributed by atoms with E-state index in [1.807, 2.05) is 0 Å². The van der Waals surface area contributed by atoms with E-state index in [0.29, 0.717) is 36.4 Å². The van der Waals surface area contributed by atoms with E-state index in [0.717, 1.165) is 44.4 Å². The van der Waals surface area contributed by atoms with Crippen LogP contribution in [0.2, 0.25) is 0 Å². The maximum absolute atomic E-state index is 11.9. The first-order chi connectivity index (χ1) is 12.4. The summed E-state index contributed by atoms with van der Waals surface area (Å²) < 4.78 is 12.0. The maximum Gasteiger partial charge on any atom is 0.171 e. The lowest BCUT2D eigenvalue weighted by Gasteiger charge is -2.60. The maximum atomic E-state index is 11.9. The van der Waals surface area contributed by atoms with Crippen LogP contribution < -0.4 is 0 Å². The first kappa shape index (κ1) is 17.9. The molecule has 5 rings (SSSR count). The molecule has 0 radical (unpaired) electrons. The van der Waals surface area contributed by atoms with Crippen LogP contribution in [-0.2, 0) is 9.47 Å². The van der Waals surface area contributed by atoms with Crippen molar-refractivity contribution < 1.29 is 19.7 Å². The first-order valence-corrected chi connectivity index (χ1v) is 11.1. The lowest BCUT2D eigenvalue weighted by Crippen LogP contribution is -2.59. The summed E-state index contributed by atoms with van der Waals surface area (Å²) in [5.74, 6) is 1.96. The molecule has 0 aromatic carbocycles. The molecule has 1 saturated heterocycles. The predicted octanol–water partition coefficient (Wildman–Crippen LogP) is 3.49. The Labute approximate surface area is 157 Å². The molecule has 4 saturated carbocycles. The van der Waals surface area contributed by atoms with Gasteiger partial charge in [0, 0.05) is 5.92 Å². The van der Waals surface area contributed by atoms with Gasteiger partial charge in [-0.2, -0.15) is 0 Å². The van der Waals surface area contributed by atoms with Crippen LogP contribution in [0.1, 0.15) is 71.6 Å². The van der Waals surface area contributed by atoms with Crippen molar-refractivity contribution in [2.45, 2.75) is 89.1 Å². The van der Waals surface area contributed by atoms with Crippen LogP contribution in [0.5, 0.6) is 0 Å². The predicted molar refractivity (Wildman–Crippen MR) is 98.4 cm³/mol. The van der Waals surface area contributed by atoms with Crippen molar-refractivity contribution in [3.8, 4) is 0 Å². The third kappa shape index (κ3) is 2.34. The van der Waals surface area contributed by atoms with Crippen molar-refractivity contribution in [2.24, 2.45) is 35.0 Å². The minimum absolute atomic E-state index is 0.0855. The second-order valence-corrected chi connectivity index (χ2v) is 10.5. The molecule has 1 heterocycles.